The molecule has 10 nitrogen and oxygen atoms in total. The molecule has 0 amide bonds. The van der Waals surface area contributed by atoms with Crippen molar-refractivity contribution in [1.29, 1.82) is 0 Å². The third-order valence-electron chi connectivity index (χ3n) is 6.96. The second-order valence-electron chi connectivity index (χ2n) is 10.9. The topological polar surface area (TPSA) is 116 Å². The number of carbonyl (C=O) groups is 1. The van der Waals surface area contributed by atoms with E-state index < -0.39 is 10.1 Å². The van der Waals surface area contributed by atoms with Crippen molar-refractivity contribution in [2.45, 2.75) is 102 Å². The first-order valence-corrected chi connectivity index (χ1v) is 18.5. The lowest BCUT2D eigenvalue weighted by atomic mass is 10.0. The zero-order chi connectivity index (χ0) is 32.5. The van der Waals surface area contributed by atoms with E-state index in [9.17, 15) is 13.2 Å². The maximum Gasteiger partial charge on any atom is 0.305 e. The molecule has 11 heteroatoms. The fourth-order valence-electron chi connectivity index (χ4n) is 4.41. The van der Waals surface area contributed by atoms with Crippen molar-refractivity contribution in [2.24, 2.45) is 0 Å². The van der Waals surface area contributed by atoms with Crippen molar-refractivity contribution in [3.05, 3.63) is 30.3 Å². The molecule has 0 spiro atoms. The van der Waals surface area contributed by atoms with Gasteiger partial charge in [0.2, 0.25) is 0 Å². The predicted molar refractivity (Wildman–Crippen MR) is 175 cm³/mol. The molecule has 0 aliphatic rings. The Balaban J connectivity index is 1.72. The average molecular weight is 661 g/mol. The molecule has 0 atom stereocenters. The van der Waals surface area contributed by atoms with Crippen LogP contribution < -0.4 is 0 Å². The van der Waals surface area contributed by atoms with Crippen LogP contribution in [0.25, 0.3) is 0 Å². The van der Waals surface area contributed by atoms with Crippen LogP contribution in [0, 0.1) is 0 Å². The van der Waals surface area contributed by atoms with Gasteiger partial charge in [0.25, 0.3) is 10.1 Å². The number of unbranched alkanes of at least 4 members (excludes halogenated alkanes) is 12. The van der Waals surface area contributed by atoms with Gasteiger partial charge in [-0.05, 0) is 18.6 Å². The van der Waals surface area contributed by atoms with Crippen LogP contribution in [-0.4, -0.2) is 93.7 Å². The zero-order valence-corrected chi connectivity index (χ0v) is 28.6. The van der Waals surface area contributed by atoms with Crippen LogP contribution in [-0.2, 0) is 47.5 Å². The highest BCUT2D eigenvalue weighted by Crippen LogP contribution is 2.13. The molecule has 0 unspecified atom stereocenters. The number of hydrogen-bond acceptors (Lipinski definition) is 10. The first kappa shape index (κ1) is 41.4. The molecule has 0 aliphatic carbocycles. The molecule has 0 N–H and O–H groups in total. The summed E-state index contributed by atoms with van der Waals surface area (Å²) in [4.78, 5) is 12.0. The summed E-state index contributed by atoms with van der Waals surface area (Å²) in [5, 5.41) is 0. The predicted octanol–water partition coefficient (Wildman–Crippen LogP) is 6.50. The average Bonchev–Trinajstić information content (AvgIpc) is 3.04. The lowest BCUT2D eigenvalue weighted by Crippen LogP contribution is -2.15. The van der Waals surface area contributed by atoms with E-state index in [4.69, 9.17) is 32.6 Å². The van der Waals surface area contributed by atoms with Crippen LogP contribution in [0.15, 0.2) is 35.2 Å². The molecule has 0 saturated heterocycles. The monoisotopic (exact) mass is 660 g/mol. The van der Waals surface area contributed by atoms with Gasteiger partial charge >= 0.3 is 5.97 Å². The van der Waals surface area contributed by atoms with Crippen LogP contribution in [0.5, 0.6) is 0 Å². The molecule has 0 fully saturated rings. The Morgan fingerprint density at radius 3 is 1.33 bits per heavy atom. The van der Waals surface area contributed by atoms with Crippen LogP contribution >= 0.6 is 0 Å². The molecule has 262 valence electrons. The van der Waals surface area contributed by atoms with Gasteiger partial charge in [0.05, 0.1) is 77.6 Å². The molecule has 0 aromatic heterocycles. The lowest BCUT2D eigenvalue weighted by Gasteiger charge is -2.09. The molecule has 45 heavy (non-hydrogen) atoms. The molecule has 0 bridgehead atoms. The Labute approximate surface area is 272 Å². The van der Waals surface area contributed by atoms with Crippen molar-refractivity contribution >= 4 is 16.1 Å². The highest BCUT2D eigenvalue weighted by Gasteiger charge is 2.13. The van der Waals surface area contributed by atoms with Crippen LogP contribution in [0.1, 0.15) is 96.8 Å². The summed E-state index contributed by atoms with van der Waals surface area (Å²) in [5.74, 6) is -0.145. The largest absolute Gasteiger partial charge is 0.463 e. The maximum absolute atomic E-state index is 12.0. The van der Waals surface area contributed by atoms with E-state index >= 15 is 0 Å². The van der Waals surface area contributed by atoms with Crippen molar-refractivity contribution in [3.8, 4) is 0 Å². The van der Waals surface area contributed by atoms with Crippen LogP contribution in [0.3, 0.4) is 0 Å². The van der Waals surface area contributed by atoms with Gasteiger partial charge in [0.15, 0.2) is 0 Å². The number of esters is 1. The van der Waals surface area contributed by atoms with Crippen molar-refractivity contribution in [1.82, 2.24) is 0 Å². The lowest BCUT2D eigenvalue weighted by molar-refractivity contribution is -0.145. The molecule has 0 radical (unpaired) electrons. The van der Waals surface area contributed by atoms with Gasteiger partial charge in [-0.1, -0.05) is 102 Å². The summed E-state index contributed by atoms with van der Waals surface area (Å²) in [6, 6.07) is 7.99. The Kier molecular flexibility index (Phi) is 28.6. The fourth-order valence-corrected chi connectivity index (χ4v) is 5.33. The third kappa shape index (κ3) is 27.2. The third-order valence-corrected chi connectivity index (χ3v) is 8.29. The summed E-state index contributed by atoms with van der Waals surface area (Å²) < 4.78 is 61.2. The normalized spacial score (nSPS) is 11.7. The number of benzene rings is 1. The minimum absolute atomic E-state index is 0.0571. The first-order chi connectivity index (χ1) is 22.1. The smallest absolute Gasteiger partial charge is 0.305 e. The van der Waals surface area contributed by atoms with Gasteiger partial charge in [-0.3, -0.25) is 8.98 Å². The molecule has 1 rings (SSSR count). The van der Waals surface area contributed by atoms with Gasteiger partial charge in [-0.2, -0.15) is 8.42 Å². The Morgan fingerprint density at radius 1 is 0.511 bits per heavy atom. The van der Waals surface area contributed by atoms with E-state index in [-0.39, 0.29) is 30.7 Å². The summed E-state index contributed by atoms with van der Waals surface area (Å²) in [7, 11) is -3.76. The van der Waals surface area contributed by atoms with Gasteiger partial charge in [0, 0.05) is 6.42 Å². The van der Waals surface area contributed by atoms with E-state index in [0.29, 0.717) is 65.9 Å². The number of hydrogen-bond donors (Lipinski definition) is 0. The quantitative estimate of drug-likeness (QED) is 0.0461. The van der Waals surface area contributed by atoms with E-state index in [1.165, 1.54) is 82.8 Å². The maximum atomic E-state index is 12.0. The Hall–Kier alpha value is -1.60. The highest BCUT2D eigenvalue weighted by atomic mass is 32.2. The summed E-state index contributed by atoms with van der Waals surface area (Å²) in [6.07, 6.45) is 17.2. The molecule has 1 aromatic rings. The highest BCUT2D eigenvalue weighted by molar-refractivity contribution is 7.86. The van der Waals surface area contributed by atoms with E-state index in [1.807, 2.05) is 0 Å². The molecule has 0 aliphatic heterocycles. The summed E-state index contributed by atoms with van der Waals surface area (Å²) in [5.41, 5.74) is 0. The second kappa shape index (κ2) is 31.0. The van der Waals surface area contributed by atoms with E-state index in [0.717, 1.165) is 12.8 Å². The first-order valence-electron chi connectivity index (χ1n) is 17.0. The number of rotatable bonds is 34. The Morgan fingerprint density at radius 2 is 0.889 bits per heavy atom. The standard InChI is InChI=1S/C34H60O10S/c1-2-3-4-5-6-7-8-9-10-11-12-13-17-20-34(35)43-31-29-41-27-25-39-23-21-38-22-24-40-26-28-42-30-32-44-45(36,37)33-18-15-14-16-19-33/h14-16,18-19H,2-13,17,20-32H2,1H3. The molecule has 1 aromatic carbocycles. The van der Waals surface area contributed by atoms with E-state index in [2.05, 4.69) is 6.92 Å². The molecule has 0 heterocycles. The van der Waals surface area contributed by atoms with E-state index in [1.54, 1.807) is 18.2 Å². The Bertz CT molecular complexity index is 882. The number of ether oxygens (including phenoxy) is 6. The van der Waals surface area contributed by atoms with Crippen LogP contribution in [0.2, 0.25) is 0 Å². The van der Waals surface area contributed by atoms with Crippen LogP contribution in [0.4, 0.5) is 0 Å². The summed E-state index contributed by atoms with van der Waals surface area (Å²) >= 11 is 0. The van der Waals surface area contributed by atoms with Gasteiger partial charge in [-0.15, -0.1) is 0 Å². The minimum Gasteiger partial charge on any atom is -0.463 e. The second-order valence-corrected chi connectivity index (χ2v) is 12.5. The molecular formula is C34H60O10S. The molecular weight excluding hydrogens is 600 g/mol. The van der Waals surface area contributed by atoms with Gasteiger partial charge < -0.3 is 28.4 Å². The zero-order valence-electron chi connectivity index (χ0n) is 27.8. The minimum atomic E-state index is -3.76. The molecule has 0 saturated carbocycles. The number of carbonyl (C=O) groups excluding carboxylic acids is 1. The van der Waals surface area contributed by atoms with Crippen molar-refractivity contribution < 1.29 is 45.8 Å². The van der Waals surface area contributed by atoms with Crippen molar-refractivity contribution in [3.63, 3.8) is 0 Å². The summed E-state index contributed by atoms with van der Waals surface area (Å²) in [6.45, 7) is 6.33. The SMILES string of the molecule is CCCCCCCCCCCCCCCC(=O)OCCOCCOCCOCCOCCOCCOS(=O)(=O)c1ccccc1. The van der Waals surface area contributed by atoms with Gasteiger partial charge in [0.1, 0.15) is 6.61 Å². The fraction of sp³-hybridized carbons (Fsp3) is 0.794. The van der Waals surface area contributed by atoms with Gasteiger partial charge in [-0.25, -0.2) is 0 Å². The van der Waals surface area contributed by atoms with Crippen molar-refractivity contribution in [2.75, 3.05) is 79.3 Å².